The summed E-state index contributed by atoms with van der Waals surface area (Å²) in [6.45, 7) is 14.4. The number of hydrogen-bond acceptors (Lipinski definition) is 2. The van der Waals surface area contributed by atoms with Gasteiger partial charge < -0.3 is 4.74 Å². The van der Waals surface area contributed by atoms with Crippen LogP contribution in [0.25, 0.3) is 0 Å². The zero-order chi connectivity index (χ0) is 18.5. The third-order valence-corrected chi connectivity index (χ3v) is 2.90. The lowest BCUT2D eigenvalue weighted by molar-refractivity contribution is 0.0600. The zero-order valence-corrected chi connectivity index (χ0v) is 16.9. The van der Waals surface area contributed by atoms with E-state index in [0.717, 1.165) is 5.56 Å². The number of ether oxygens (including phenoxy) is 1. The topological polar surface area (TPSA) is 26.3 Å². The van der Waals surface area contributed by atoms with E-state index in [0.29, 0.717) is 5.56 Å². The summed E-state index contributed by atoms with van der Waals surface area (Å²) in [5.41, 5.74) is 1.67. The molecule has 0 unspecified atom stereocenters. The molecule has 0 aromatic heterocycles. The largest absolute Gasteiger partial charge is 0.465 e. The van der Waals surface area contributed by atoms with Crippen LogP contribution in [-0.4, -0.2) is 13.1 Å². The van der Waals surface area contributed by atoms with Crippen molar-refractivity contribution in [3.8, 4) is 0 Å². The van der Waals surface area contributed by atoms with E-state index in [1.165, 1.54) is 45.6 Å². The highest BCUT2D eigenvalue weighted by Gasteiger charge is 2.02. The number of unbranched alkanes of at least 4 members (excludes halogenated alkanes) is 5. The van der Waals surface area contributed by atoms with Crippen LogP contribution in [0.15, 0.2) is 24.3 Å². The highest BCUT2D eigenvalue weighted by molar-refractivity contribution is 5.89. The summed E-state index contributed by atoms with van der Waals surface area (Å²) in [6.07, 6.45) is 8.49. The predicted molar refractivity (Wildman–Crippen MR) is 104 cm³/mol. The quantitative estimate of drug-likeness (QED) is 0.408. The minimum Gasteiger partial charge on any atom is -0.465 e. The second-order valence-corrected chi connectivity index (χ2v) is 4.78. The number of carbonyl (C=O) groups excluding carboxylic acids is 1. The maximum Gasteiger partial charge on any atom is 0.337 e. The first-order chi connectivity index (χ1) is 11.2. The van der Waals surface area contributed by atoms with Gasteiger partial charge in [-0.15, -0.1) is 0 Å². The Bertz CT molecular complexity index is 339. The van der Waals surface area contributed by atoms with Crippen molar-refractivity contribution in [3.63, 3.8) is 0 Å². The van der Waals surface area contributed by atoms with Crippen LogP contribution in [0.3, 0.4) is 0 Å². The molecule has 0 bridgehead atoms. The number of carbonyl (C=O) groups is 1. The maximum atomic E-state index is 10.9. The lowest BCUT2D eigenvalue weighted by Crippen LogP contribution is -2.00. The third-order valence-electron chi connectivity index (χ3n) is 2.90. The van der Waals surface area contributed by atoms with Gasteiger partial charge in [0.1, 0.15) is 0 Å². The van der Waals surface area contributed by atoms with Gasteiger partial charge in [-0.25, -0.2) is 4.79 Å². The third kappa shape index (κ3) is 18.6. The van der Waals surface area contributed by atoms with Crippen molar-refractivity contribution in [2.75, 3.05) is 7.11 Å². The molecule has 0 spiro atoms. The van der Waals surface area contributed by atoms with E-state index >= 15 is 0 Å². The van der Waals surface area contributed by atoms with Crippen LogP contribution in [0.2, 0.25) is 0 Å². The van der Waals surface area contributed by atoms with Gasteiger partial charge in [0.25, 0.3) is 0 Å². The molecule has 0 amide bonds. The molecule has 0 aliphatic rings. The van der Waals surface area contributed by atoms with Crippen LogP contribution in [0.4, 0.5) is 0 Å². The fourth-order valence-electron chi connectivity index (χ4n) is 1.74. The van der Waals surface area contributed by atoms with Gasteiger partial charge in [-0.3, -0.25) is 0 Å². The number of methoxy groups -OCH3 is 1. The summed E-state index contributed by atoms with van der Waals surface area (Å²) in [6, 6.07) is 7.30. The Morgan fingerprint density at radius 2 is 1.39 bits per heavy atom. The normalized spacial score (nSPS) is 8.35. The molecule has 0 saturated carbocycles. The second-order valence-electron chi connectivity index (χ2n) is 4.78. The van der Waals surface area contributed by atoms with E-state index in [2.05, 4.69) is 18.6 Å². The van der Waals surface area contributed by atoms with Gasteiger partial charge in [-0.05, 0) is 19.1 Å². The Morgan fingerprint density at radius 1 is 0.913 bits per heavy atom. The van der Waals surface area contributed by atoms with E-state index in [4.69, 9.17) is 0 Å². The molecular weight excluding hydrogens is 284 g/mol. The van der Waals surface area contributed by atoms with Gasteiger partial charge in [-0.2, -0.15) is 0 Å². The van der Waals surface area contributed by atoms with Gasteiger partial charge in [-0.1, -0.05) is 97.8 Å². The fourth-order valence-corrected chi connectivity index (χ4v) is 1.74. The van der Waals surface area contributed by atoms with Crippen LogP contribution in [0.1, 0.15) is 96.0 Å². The average molecular weight is 325 g/mol. The van der Waals surface area contributed by atoms with Crippen molar-refractivity contribution in [1.82, 2.24) is 0 Å². The summed E-state index contributed by atoms with van der Waals surface area (Å²) in [7, 11) is 1.38. The van der Waals surface area contributed by atoms with Crippen molar-refractivity contribution >= 4 is 5.97 Å². The zero-order valence-electron chi connectivity index (χ0n) is 16.9. The molecule has 23 heavy (non-hydrogen) atoms. The smallest absolute Gasteiger partial charge is 0.337 e. The van der Waals surface area contributed by atoms with Crippen LogP contribution >= 0.6 is 0 Å². The lowest BCUT2D eigenvalue weighted by Gasteiger charge is -1.98. The highest BCUT2D eigenvalue weighted by Crippen LogP contribution is 2.04. The van der Waals surface area contributed by atoms with Gasteiger partial charge in [0.2, 0.25) is 0 Å². The summed E-state index contributed by atoms with van der Waals surface area (Å²) < 4.78 is 4.55. The molecule has 0 saturated heterocycles. The van der Waals surface area contributed by atoms with Crippen molar-refractivity contribution < 1.29 is 9.53 Å². The van der Waals surface area contributed by atoms with Gasteiger partial charge in [0, 0.05) is 0 Å². The molecule has 1 aromatic rings. The fraction of sp³-hybridized carbons (Fsp3) is 0.667. The van der Waals surface area contributed by atoms with Crippen molar-refractivity contribution in [2.45, 2.75) is 87.0 Å². The van der Waals surface area contributed by atoms with E-state index < -0.39 is 0 Å². The van der Waals surface area contributed by atoms with Gasteiger partial charge in [0.15, 0.2) is 0 Å². The molecule has 0 aliphatic carbocycles. The summed E-state index contributed by atoms with van der Waals surface area (Å²) in [4.78, 5) is 10.9. The van der Waals surface area contributed by atoms with Crippen molar-refractivity contribution in [1.29, 1.82) is 0 Å². The Balaban J connectivity index is -0.000000296. The lowest BCUT2D eigenvalue weighted by atomic mass is 10.1. The molecule has 0 fully saturated rings. The maximum absolute atomic E-state index is 10.9. The number of hydrogen-bond donors (Lipinski definition) is 0. The molecule has 136 valence electrons. The van der Waals surface area contributed by atoms with E-state index in [-0.39, 0.29) is 5.97 Å². The van der Waals surface area contributed by atoms with Gasteiger partial charge >= 0.3 is 5.97 Å². The Hall–Kier alpha value is -1.31. The standard InChI is InChI=1S/C9H10O2.C8H18.2C2H6/c1-7-4-3-5-8(6-7)9(10)11-2;1-3-5-7-8-6-4-2;2*1-2/h3-6H,1-2H3;3-8H2,1-2H3;2*1-2H3. The summed E-state index contributed by atoms with van der Waals surface area (Å²) in [5, 5.41) is 0. The monoisotopic (exact) mass is 324 g/mol. The number of aryl methyl sites for hydroxylation is 1. The summed E-state index contributed by atoms with van der Waals surface area (Å²) >= 11 is 0. The predicted octanol–water partition coefficient (Wildman–Crippen LogP) is 7.20. The minimum atomic E-state index is -0.284. The molecule has 1 aromatic carbocycles. The van der Waals surface area contributed by atoms with Crippen LogP contribution in [-0.2, 0) is 4.74 Å². The average Bonchev–Trinajstić information content (AvgIpc) is 2.62. The SMILES string of the molecule is CC.CC.CCCCCCCC.COC(=O)c1cccc(C)c1. The molecule has 0 N–H and O–H groups in total. The van der Waals surface area contributed by atoms with Crippen molar-refractivity contribution in [2.24, 2.45) is 0 Å². The molecular formula is C21H40O2. The molecule has 0 aliphatic heterocycles. The Kier molecular flexibility index (Phi) is 26.5. The molecule has 1 rings (SSSR count). The minimum absolute atomic E-state index is 0.284. The molecule has 0 atom stereocenters. The van der Waals surface area contributed by atoms with Crippen LogP contribution in [0.5, 0.6) is 0 Å². The highest BCUT2D eigenvalue weighted by atomic mass is 16.5. The number of benzene rings is 1. The van der Waals surface area contributed by atoms with E-state index in [9.17, 15) is 4.79 Å². The van der Waals surface area contributed by atoms with Gasteiger partial charge in [0.05, 0.1) is 12.7 Å². The number of esters is 1. The first-order valence-electron chi connectivity index (χ1n) is 9.30. The summed E-state index contributed by atoms with van der Waals surface area (Å²) in [5.74, 6) is -0.284. The van der Waals surface area contributed by atoms with E-state index in [1.807, 2.05) is 46.8 Å². The Morgan fingerprint density at radius 3 is 1.74 bits per heavy atom. The van der Waals surface area contributed by atoms with Crippen molar-refractivity contribution in [3.05, 3.63) is 35.4 Å². The number of rotatable bonds is 6. The first-order valence-corrected chi connectivity index (χ1v) is 9.30. The van der Waals surface area contributed by atoms with Crippen LogP contribution < -0.4 is 0 Å². The molecule has 0 heterocycles. The molecule has 2 nitrogen and oxygen atoms in total. The Labute approximate surface area is 145 Å². The first kappa shape index (κ1) is 26.6. The second kappa shape index (κ2) is 23.0. The molecule has 2 heteroatoms. The van der Waals surface area contributed by atoms with Crippen LogP contribution in [0, 0.1) is 6.92 Å². The van der Waals surface area contributed by atoms with E-state index in [1.54, 1.807) is 12.1 Å². The molecule has 0 radical (unpaired) electrons.